The maximum absolute atomic E-state index is 12.4. The lowest BCUT2D eigenvalue weighted by Gasteiger charge is -2.21. The number of nitrogens with one attached hydrogen (secondary N) is 2. The Balaban J connectivity index is 2.04. The van der Waals surface area contributed by atoms with Crippen LogP contribution in [-0.4, -0.2) is 16.8 Å². The van der Waals surface area contributed by atoms with Gasteiger partial charge >= 0.3 is 0 Å². The lowest BCUT2D eigenvalue weighted by molar-refractivity contribution is -0.124. The fourth-order valence-electron chi connectivity index (χ4n) is 2.28. The Morgan fingerprint density at radius 3 is 2.17 bits per heavy atom. The third-order valence-corrected chi connectivity index (χ3v) is 3.67. The topological polar surface area (TPSA) is 71.1 Å². The van der Waals surface area contributed by atoms with E-state index in [0.29, 0.717) is 10.6 Å². The summed E-state index contributed by atoms with van der Waals surface area (Å²) in [6.45, 7) is 3.90. The number of amides is 2. The highest BCUT2D eigenvalue weighted by atomic mass is 35.5. The highest BCUT2D eigenvalue weighted by molar-refractivity contribution is 6.30. The third-order valence-electron chi connectivity index (χ3n) is 3.42. The van der Waals surface area contributed by atoms with E-state index in [1.54, 1.807) is 24.3 Å². The van der Waals surface area contributed by atoms with Crippen LogP contribution in [0.1, 0.15) is 35.7 Å². The standard InChI is InChI=1S/C17H18ClN3O2/c1-11(2)15(12-3-5-14(18)6-4-12)17(23)21-20-16(22)13-7-9-19-10-8-13/h3-11,15H,1-2H3,(H,20,22)(H,21,23)/t15-/m1/s1. The lowest BCUT2D eigenvalue weighted by Crippen LogP contribution is -2.44. The van der Waals surface area contributed by atoms with Crippen molar-refractivity contribution in [1.29, 1.82) is 0 Å². The molecule has 1 heterocycles. The van der Waals surface area contributed by atoms with Crippen LogP contribution in [0, 0.1) is 5.92 Å². The fourth-order valence-corrected chi connectivity index (χ4v) is 2.41. The van der Waals surface area contributed by atoms with Crippen LogP contribution in [0.2, 0.25) is 5.02 Å². The summed E-state index contributed by atoms with van der Waals surface area (Å²) in [5.41, 5.74) is 6.18. The number of carbonyl (C=O) groups is 2. The maximum atomic E-state index is 12.4. The zero-order valence-electron chi connectivity index (χ0n) is 12.9. The number of benzene rings is 1. The highest BCUT2D eigenvalue weighted by Crippen LogP contribution is 2.25. The molecule has 0 saturated carbocycles. The second-order valence-electron chi connectivity index (χ2n) is 5.45. The molecule has 2 amide bonds. The minimum Gasteiger partial charge on any atom is -0.273 e. The maximum Gasteiger partial charge on any atom is 0.269 e. The van der Waals surface area contributed by atoms with Gasteiger partial charge < -0.3 is 0 Å². The molecule has 120 valence electrons. The molecule has 5 nitrogen and oxygen atoms in total. The Bertz CT molecular complexity index is 672. The van der Waals surface area contributed by atoms with Crippen LogP contribution in [0.15, 0.2) is 48.8 Å². The molecule has 0 aliphatic heterocycles. The molecule has 23 heavy (non-hydrogen) atoms. The van der Waals surface area contributed by atoms with Gasteiger partial charge in [-0.05, 0) is 35.7 Å². The predicted molar refractivity (Wildman–Crippen MR) is 88.9 cm³/mol. The molecule has 2 aromatic rings. The molecular formula is C17H18ClN3O2. The van der Waals surface area contributed by atoms with E-state index in [2.05, 4.69) is 15.8 Å². The molecule has 0 saturated heterocycles. The van der Waals surface area contributed by atoms with Crippen LogP contribution in [0.25, 0.3) is 0 Å². The number of carbonyl (C=O) groups excluding carboxylic acids is 2. The van der Waals surface area contributed by atoms with E-state index in [1.807, 2.05) is 26.0 Å². The van der Waals surface area contributed by atoms with Crippen molar-refractivity contribution in [3.63, 3.8) is 0 Å². The molecule has 1 atom stereocenters. The first-order valence-corrected chi connectivity index (χ1v) is 7.62. The van der Waals surface area contributed by atoms with Crippen molar-refractivity contribution in [1.82, 2.24) is 15.8 Å². The summed E-state index contributed by atoms with van der Waals surface area (Å²) in [5, 5.41) is 0.614. The third kappa shape index (κ3) is 4.53. The summed E-state index contributed by atoms with van der Waals surface area (Å²) in [7, 11) is 0. The molecule has 2 rings (SSSR count). The summed E-state index contributed by atoms with van der Waals surface area (Å²) in [4.78, 5) is 28.2. The summed E-state index contributed by atoms with van der Waals surface area (Å²) < 4.78 is 0. The number of halogens is 1. The van der Waals surface area contributed by atoms with Gasteiger partial charge in [0.05, 0.1) is 5.92 Å². The Morgan fingerprint density at radius 1 is 1.00 bits per heavy atom. The van der Waals surface area contributed by atoms with E-state index >= 15 is 0 Å². The van der Waals surface area contributed by atoms with Gasteiger partial charge in [-0.1, -0.05) is 37.6 Å². The van der Waals surface area contributed by atoms with Crippen LogP contribution >= 0.6 is 11.6 Å². The van der Waals surface area contributed by atoms with Gasteiger partial charge in [-0.15, -0.1) is 0 Å². The van der Waals surface area contributed by atoms with Crippen molar-refractivity contribution in [3.05, 3.63) is 64.9 Å². The van der Waals surface area contributed by atoms with Gasteiger partial charge in [0.15, 0.2) is 0 Å². The first-order valence-electron chi connectivity index (χ1n) is 7.24. The number of pyridine rings is 1. The number of hydrogen-bond donors (Lipinski definition) is 2. The van der Waals surface area contributed by atoms with Gasteiger partial charge in [0.2, 0.25) is 5.91 Å². The van der Waals surface area contributed by atoms with Gasteiger partial charge in [0.1, 0.15) is 0 Å². The van der Waals surface area contributed by atoms with E-state index in [1.165, 1.54) is 12.4 Å². The molecule has 0 unspecified atom stereocenters. The number of hydrazine groups is 1. The molecule has 2 N–H and O–H groups in total. The summed E-state index contributed by atoms with van der Waals surface area (Å²) >= 11 is 5.88. The molecule has 1 aromatic heterocycles. The first-order chi connectivity index (χ1) is 11.0. The molecular weight excluding hydrogens is 314 g/mol. The first kappa shape index (κ1) is 17.0. The van der Waals surface area contributed by atoms with Gasteiger partial charge in [0, 0.05) is 23.0 Å². The average molecular weight is 332 g/mol. The fraction of sp³-hybridized carbons (Fsp3) is 0.235. The highest BCUT2D eigenvalue weighted by Gasteiger charge is 2.24. The second-order valence-corrected chi connectivity index (χ2v) is 5.89. The molecule has 6 heteroatoms. The molecule has 0 spiro atoms. The zero-order valence-corrected chi connectivity index (χ0v) is 13.7. The van der Waals surface area contributed by atoms with Crippen LogP contribution in [0.4, 0.5) is 0 Å². The molecule has 0 fully saturated rings. The Kier molecular flexibility index (Phi) is 5.71. The van der Waals surface area contributed by atoms with Gasteiger partial charge in [-0.2, -0.15) is 0 Å². The zero-order chi connectivity index (χ0) is 16.8. The Morgan fingerprint density at radius 2 is 1.61 bits per heavy atom. The number of rotatable bonds is 4. The molecule has 1 aromatic carbocycles. The number of hydrogen-bond acceptors (Lipinski definition) is 3. The van der Waals surface area contributed by atoms with Crippen molar-refractivity contribution in [2.45, 2.75) is 19.8 Å². The molecule has 0 radical (unpaired) electrons. The van der Waals surface area contributed by atoms with Crippen molar-refractivity contribution in [3.8, 4) is 0 Å². The van der Waals surface area contributed by atoms with Crippen molar-refractivity contribution in [2.24, 2.45) is 5.92 Å². The SMILES string of the molecule is CC(C)[C@@H](C(=O)NNC(=O)c1ccncc1)c1ccc(Cl)cc1. The van der Waals surface area contributed by atoms with E-state index in [4.69, 9.17) is 11.6 Å². The largest absolute Gasteiger partial charge is 0.273 e. The normalized spacial score (nSPS) is 11.8. The summed E-state index contributed by atoms with van der Waals surface area (Å²) in [5.74, 6) is -0.983. The van der Waals surface area contributed by atoms with E-state index in [0.717, 1.165) is 5.56 Å². The van der Waals surface area contributed by atoms with E-state index in [-0.39, 0.29) is 23.7 Å². The van der Waals surface area contributed by atoms with Crippen molar-refractivity contribution < 1.29 is 9.59 Å². The smallest absolute Gasteiger partial charge is 0.269 e. The molecule has 0 bridgehead atoms. The van der Waals surface area contributed by atoms with Crippen molar-refractivity contribution >= 4 is 23.4 Å². The minimum absolute atomic E-state index is 0.0639. The minimum atomic E-state index is -0.389. The lowest BCUT2D eigenvalue weighted by atomic mass is 9.88. The number of nitrogens with zero attached hydrogens (tertiary/aromatic N) is 1. The molecule has 0 aliphatic rings. The monoisotopic (exact) mass is 331 g/mol. The Hall–Kier alpha value is -2.40. The van der Waals surface area contributed by atoms with E-state index in [9.17, 15) is 9.59 Å². The second kappa shape index (κ2) is 7.74. The average Bonchev–Trinajstić information content (AvgIpc) is 2.55. The van der Waals surface area contributed by atoms with E-state index < -0.39 is 0 Å². The van der Waals surface area contributed by atoms with Crippen LogP contribution in [0.5, 0.6) is 0 Å². The van der Waals surface area contributed by atoms with Crippen LogP contribution in [0.3, 0.4) is 0 Å². The van der Waals surface area contributed by atoms with Gasteiger partial charge in [-0.3, -0.25) is 25.4 Å². The van der Waals surface area contributed by atoms with Crippen LogP contribution in [-0.2, 0) is 4.79 Å². The van der Waals surface area contributed by atoms with Gasteiger partial charge in [-0.25, -0.2) is 0 Å². The summed E-state index contributed by atoms with van der Waals surface area (Å²) in [6.07, 6.45) is 3.03. The summed E-state index contributed by atoms with van der Waals surface area (Å²) in [6, 6.07) is 10.3. The number of aromatic nitrogens is 1. The van der Waals surface area contributed by atoms with Gasteiger partial charge in [0.25, 0.3) is 5.91 Å². The quantitative estimate of drug-likeness (QED) is 0.846. The van der Waals surface area contributed by atoms with Crippen LogP contribution < -0.4 is 10.9 Å². The Labute approximate surface area is 140 Å². The van der Waals surface area contributed by atoms with Crippen molar-refractivity contribution in [2.75, 3.05) is 0 Å². The molecule has 0 aliphatic carbocycles. The predicted octanol–water partition coefficient (Wildman–Crippen LogP) is 2.94.